The van der Waals surface area contributed by atoms with Gasteiger partial charge in [0.1, 0.15) is 0 Å². The Morgan fingerprint density at radius 1 is 1.67 bits per heavy atom. The zero-order valence-electron chi connectivity index (χ0n) is 9.79. The summed E-state index contributed by atoms with van der Waals surface area (Å²) < 4.78 is 0. The summed E-state index contributed by atoms with van der Waals surface area (Å²) in [5, 5.41) is 3.52. The molecule has 1 heterocycles. The summed E-state index contributed by atoms with van der Waals surface area (Å²) in [6.07, 6.45) is 2.38. The van der Waals surface area contributed by atoms with Gasteiger partial charge in [0.2, 0.25) is 0 Å². The molecule has 2 atom stereocenters. The lowest BCUT2D eigenvalue weighted by Gasteiger charge is -2.07. The number of hydrogen-bond donors (Lipinski definition) is 1. The number of thiazole rings is 1. The molecule has 0 radical (unpaired) electrons. The van der Waals surface area contributed by atoms with Crippen molar-refractivity contribution in [2.75, 3.05) is 6.54 Å². The molecule has 15 heavy (non-hydrogen) atoms. The van der Waals surface area contributed by atoms with Gasteiger partial charge >= 0.3 is 0 Å². The molecule has 1 saturated carbocycles. The van der Waals surface area contributed by atoms with E-state index in [0.717, 1.165) is 6.42 Å². The average Bonchev–Trinajstić information content (AvgIpc) is 2.65. The molecule has 0 spiro atoms. The Balaban J connectivity index is 2.11. The summed E-state index contributed by atoms with van der Waals surface area (Å²) in [6.45, 7) is 7.53. The number of rotatable bonds is 4. The number of hydrogen-bond acceptors (Lipinski definition) is 3. The largest absolute Gasteiger partial charge is 0.330 e. The normalized spacial score (nSPS) is 25.2. The summed E-state index contributed by atoms with van der Waals surface area (Å²) in [7, 11) is 0. The van der Waals surface area contributed by atoms with Crippen LogP contribution in [0.4, 0.5) is 0 Å². The molecule has 2 nitrogen and oxygen atoms in total. The molecule has 2 rings (SSSR count). The van der Waals surface area contributed by atoms with Crippen molar-refractivity contribution >= 4 is 11.3 Å². The molecular formula is C12H20N2S. The lowest BCUT2D eigenvalue weighted by Crippen LogP contribution is -2.11. The van der Waals surface area contributed by atoms with Gasteiger partial charge in [-0.2, -0.15) is 0 Å². The van der Waals surface area contributed by atoms with Crippen LogP contribution >= 0.6 is 11.3 Å². The van der Waals surface area contributed by atoms with Crippen LogP contribution in [0, 0.1) is 5.41 Å². The molecule has 1 aromatic rings. The smallest absolute Gasteiger partial charge is 0.0964 e. The van der Waals surface area contributed by atoms with Gasteiger partial charge in [-0.05, 0) is 18.3 Å². The van der Waals surface area contributed by atoms with Gasteiger partial charge in [-0.1, -0.05) is 20.8 Å². The average molecular weight is 224 g/mol. The zero-order chi connectivity index (χ0) is 11.1. The second kappa shape index (κ2) is 3.87. The predicted molar refractivity (Wildman–Crippen MR) is 65.3 cm³/mol. The Hall–Kier alpha value is -0.410. The third-order valence-electron chi connectivity index (χ3n) is 3.55. The topological polar surface area (TPSA) is 38.9 Å². The second-order valence-electron chi connectivity index (χ2n) is 5.20. The van der Waals surface area contributed by atoms with Crippen LogP contribution in [0.15, 0.2) is 5.38 Å². The van der Waals surface area contributed by atoms with Crippen molar-refractivity contribution in [1.82, 2.24) is 4.98 Å². The van der Waals surface area contributed by atoms with E-state index >= 15 is 0 Å². The van der Waals surface area contributed by atoms with Crippen molar-refractivity contribution in [3.05, 3.63) is 16.1 Å². The molecule has 1 aliphatic rings. The minimum Gasteiger partial charge on any atom is -0.330 e. The van der Waals surface area contributed by atoms with E-state index in [-0.39, 0.29) is 0 Å². The van der Waals surface area contributed by atoms with Crippen LogP contribution < -0.4 is 5.73 Å². The highest BCUT2D eigenvalue weighted by molar-refractivity contribution is 7.09. The molecule has 2 N–H and O–H groups in total. The first-order valence-corrected chi connectivity index (χ1v) is 6.62. The first-order chi connectivity index (χ1) is 7.08. The van der Waals surface area contributed by atoms with E-state index in [9.17, 15) is 0 Å². The van der Waals surface area contributed by atoms with Gasteiger partial charge < -0.3 is 5.73 Å². The molecule has 1 aromatic heterocycles. The zero-order valence-corrected chi connectivity index (χ0v) is 10.6. The van der Waals surface area contributed by atoms with E-state index in [0.29, 0.717) is 23.8 Å². The van der Waals surface area contributed by atoms with Gasteiger partial charge in [-0.15, -0.1) is 11.3 Å². The molecule has 1 aliphatic carbocycles. The lowest BCUT2D eigenvalue weighted by molar-refractivity contribution is 0.615. The fraction of sp³-hybridized carbons (Fsp3) is 0.750. The standard InChI is InChI=1S/C12H20N2S/c1-4-8(6-13)10-7-15-11(14-10)9-5-12(9,2)3/h7-9H,4-6,13H2,1-3H3. The SMILES string of the molecule is CCC(CN)c1csc(C2CC2(C)C)n1. The predicted octanol–water partition coefficient (Wildman–Crippen LogP) is 3.11. The molecule has 2 unspecified atom stereocenters. The van der Waals surface area contributed by atoms with Crippen LogP contribution in [-0.2, 0) is 0 Å². The molecule has 1 fully saturated rings. The quantitative estimate of drug-likeness (QED) is 0.853. The second-order valence-corrected chi connectivity index (χ2v) is 6.09. The molecule has 0 aliphatic heterocycles. The molecular weight excluding hydrogens is 204 g/mol. The third-order valence-corrected chi connectivity index (χ3v) is 4.52. The van der Waals surface area contributed by atoms with E-state index in [1.54, 1.807) is 0 Å². The maximum absolute atomic E-state index is 5.73. The van der Waals surface area contributed by atoms with Gasteiger partial charge in [0, 0.05) is 23.8 Å². The fourth-order valence-electron chi connectivity index (χ4n) is 2.03. The third kappa shape index (κ3) is 2.08. The molecule has 0 bridgehead atoms. The number of aromatic nitrogens is 1. The number of nitrogens with two attached hydrogens (primary N) is 1. The van der Waals surface area contributed by atoms with Crippen molar-refractivity contribution < 1.29 is 0 Å². The van der Waals surface area contributed by atoms with Gasteiger partial charge in [0.25, 0.3) is 0 Å². The maximum atomic E-state index is 5.73. The lowest BCUT2D eigenvalue weighted by atomic mass is 10.0. The summed E-state index contributed by atoms with van der Waals surface area (Å²) in [6, 6.07) is 0. The summed E-state index contributed by atoms with van der Waals surface area (Å²) in [5.74, 6) is 1.16. The fourth-order valence-corrected chi connectivity index (χ4v) is 3.24. The molecule has 0 aromatic carbocycles. The van der Waals surface area contributed by atoms with Crippen molar-refractivity contribution in [2.45, 2.75) is 45.4 Å². The Bertz CT molecular complexity index is 323. The highest BCUT2D eigenvalue weighted by Crippen LogP contribution is 2.59. The van der Waals surface area contributed by atoms with Crippen LogP contribution in [0.5, 0.6) is 0 Å². The highest BCUT2D eigenvalue weighted by atomic mass is 32.1. The van der Waals surface area contributed by atoms with Crippen LogP contribution in [0.1, 0.15) is 56.2 Å². The monoisotopic (exact) mass is 224 g/mol. The Morgan fingerprint density at radius 2 is 2.33 bits per heavy atom. The molecule has 3 heteroatoms. The maximum Gasteiger partial charge on any atom is 0.0964 e. The van der Waals surface area contributed by atoms with Gasteiger partial charge in [0.05, 0.1) is 10.7 Å². The van der Waals surface area contributed by atoms with Crippen LogP contribution in [-0.4, -0.2) is 11.5 Å². The molecule has 0 saturated heterocycles. The summed E-state index contributed by atoms with van der Waals surface area (Å²) in [5.41, 5.74) is 7.43. The highest BCUT2D eigenvalue weighted by Gasteiger charge is 2.48. The van der Waals surface area contributed by atoms with E-state index in [1.165, 1.54) is 17.1 Å². The molecule has 84 valence electrons. The molecule has 0 amide bonds. The van der Waals surface area contributed by atoms with Gasteiger partial charge in [0.15, 0.2) is 0 Å². The van der Waals surface area contributed by atoms with Crippen molar-refractivity contribution in [3.8, 4) is 0 Å². The van der Waals surface area contributed by atoms with E-state index in [4.69, 9.17) is 10.7 Å². The minimum atomic E-state index is 0.455. The Kier molecular flexibility index (Phi) is 2.86. The Labute approximate surface area is 95.9 Å². The summed E-state index contributed by atoms with van der Waals surface area (Å²) >= 11 is 1.81. The Morgan fingerprint density at radius 3 is 2.80 bits per heavy atom. The van der Waals surface area contributed by atoms with Gasteiger partial charge in [-0.3, -0.25) is 0 Å². The van der Waals surface area contributed by atoms with Crippen molar-refractivity contribution in [2.24, 2.45) is 11.1 Å². The van der Waals surface area contributed by atoms with Crippen molar-refractivity contribution in [3.63, 3.8) is 0 Å². The van der Waals surface area contributed by atoms with Crippen LogP contribution in [0.2, 0.25) is 0 Å². The van der Waals surface area contributed by atoms with Crippen LogP contribution in [0.25, 0.3) is 0 Å². The van der Waals surface area contributed by atoms with Gasteiger partial charge in [-0.25, -0.2) is 4.98 Å². The van der Waals surface area contributed by atoms with Crippen LogP contribution in [0.3, 0.4) is 0 Å². The van der Waals surface area contributed by atoms with E-state index < -0.39 is 0 Å². The van der Waals surface area contributed by atoms with Crippen molar-refractivity contribution in [1.29, 1.82) is 0 Å². The number of nitrogens with zero attached hydrogens (tertiary/aromatic N) is 1. The van der Waals surface area contributed by atoms with E-state index in [1.807, 2.05) is 11.3 Å². The first-order valence-electron chi connectivity index (χ1n) is 5.74. The first kappa shape index (κ1) is 11.1. The van der Waals surface area contributed by atoms with E-state index in [2.05, 4.69) is 26.2 Å². The summed E-state index contributed by atoms with van der Waals surface area (Å²) in [4.78, 5) is 4.75. The minimum absolute atomic E-state index is 0.455.